The molecule has 5 N–H and O–H groups in total. The number of amides is 2. The zero-order valence-electron chi connectivity index (χ0n) is 24.4. The number of benzene rings is 1. The van der Waals surface area contributed by atoms with Crippen molar-refractivity contribution in [1.29, 1.82) is 0 Å². The topological polar surface area (TPSA) is 132 Å². The van der Waals surface area contributed by atoms with Crippen LogP contribution in [0.5, 0.6) is 11.5 Å². The van der Waals surface area contributed by atoms with Crippen LogP contribution in [-0.4, -0.2) is 74.2 Å². The van der Waals surface area contributed by atoms with E-state index < -0.39 is 12.1 Å². The van der Waals surface area contributed by atoms with Crippen molar-refractivity contribution < 1.29 is 28.9 Å². The summed E-state index contributed by atoms with van der Waals surface area (Å²) in [5, 5.41) is 16.8. The third-order valence-corrected chi connectivity index (χ3v) is 8.33. The van der Waals surface area contributed by atoms with Gasteiger partial charge in [-0.05, 0) is 54.7 Å². The molecule has 1 aliphatic rings. The number of rotatable bonds is 18. The van der Waals surface area contributed by atoms with Gasteiger partial charge in [-0.25, -0.2) is 0 Å². The van der Waals surface area contributed by atoms with Crippen LogP contribution in [0.2, 0.25) is 0 Å². The molecule has 1 heterocycles. The van der Waals surface area contributed by atoms with Crippen LogP contribution in [0, 0.1) is 23.7 Å². The van der Waals surface area contributed by atoms with E-state index in [0.717, 1.165) is 18.4 Å². The number of methoxy groups -OCH3 is 2. The first kappa shape index (κ1) is 33.2. The van der Waals surface area contributed by atoms with Gasteiger partial charge < -0.3 is 35.7 Å². The smallest absolute Gasteiger partial charge is 0.279 e. The maximum absolute atomic E-state index is 12.9. The lowest BCUT2D eigenvalue weighted by atomic mass is 9.81. The molecule has 222 valence electrons. The number of thioether (sulfide) groups is 1. The van der Waals surface area contributed by atoms with Gasteiger partial charge in [0.05, 0.1) is 25.9 Å². The van der Waals surface area contributed by atoms with Crippen LogP contribution in [0.25, 0.3) is 0 Å². The van der Waals surface area contributed by atoms with E-state index in [4.69, 9.17) is 19.9 Å². The highest BCUT2D eigenvalue weighted by Crippen LogP contribution is 2.32. The molecule has 2 amide bonds. The highest BCUT2D eigenvalue weighted by molar-refractivity contribution is 8.13. The number of nitrogens with one attached hydrogen (secondary N) is 2. The minimum atomic E-state index is -0.804. The first-order valence-corrected chi connectivity index (χ1v) is 15.0. The molecule has 0 saturated carbocycles. The summed E-state index contributed by atoms with van der Waals surface area (Å²) >= 11 is 1.23. The lowest BCUT2D eigenvalue weighted by molar-refractivity contribution is -0.127. The number of nitrogens with two attached hydrogens (primary N) is 1. The van der Waals surface area contributed by atoms with Crippen molar-refractivity contribution in [2.45, 2.75) is 71.6 Å². The van der Waals surface area contributed by atoms with E-state index in [-0.39, 0.29) is 34.9 Å². The summed E-state index contributed by atoms with van der Waals surface area (Å²) in [5.74, 6) is 2.19. The third kappa shape index (κ3) is 11.2. The maximum Gasteiger partial charge on any atom is 0.279 e. The van der Waals surface area contributed by atoms with Gasteiger partial charge in [-0.15, -0.1) is 0 Å². The highest BCUT2D eigenvalue weighted by atomic mass is 32.2. The Hall–Kier alpha value is -2.01. The second kappa shape index (κ2) is 16.9. The number of aliphatic hydroxyl groups excluding tert-OH is 1. The predicted molar refractivity (Wildman–Crippen MR) is 156 cm³/mol. The molecule has 0 spiro atoms. The Balaban J connectivity index is 1.97. The summed E-state index contributed by atoms with van der Waals surface area (Å²) in [7, 11) is 3.30. The van der Waals surface area contributed by atoms with Gasteiger partial charge in [-0.1, -0.05) is 45.5 Å². The first-order valence-electron chi connectivity index (χ1n) is 14.0. The Kier molecular flexibility index (Phi) is 14.4. The normalized spacial score (nSPS) is 18.5. The molecule has 0 radical (unpaired) electrons. The molecule has 1 aliphatic heterocycles. The monoisotopic (exact) mass is 567 g/mol. The van der Waals surface area contributed by atoms with Crippen LogP contribution >= 0.6 is 11.8 Å². The van der Waals surface area contributed by atoms with Gasteiger partial charge in [0, 0.05) is 44.4 Å². The third-order valence-electron chi connectivity index (χ3n) is 7.39. The Morgan fingerprint density at radius 2 is 1.90 bits per heavy atom. The van der Waals surface area contributed by atoms with Gasteiger partial charge in [0.15, 0.2) is 11.5 Å². The largest absolute Gasteiger partial charge is 0.493 e. The summed E-state index contributed by atoms with van der Waals surface area (Å²) in [5.41, 5.74) is 7.65. The molecule has 0 unspecified atom stereocenters. The van der Waals surface area contributed by atoms with E-state index in [0.29, 0.717) is 55.8 Å². The van der Waals surface area contributed by atoms with Crippen molar-refractivity contribution in [2.75, 3.05) is 39.7 Å². The van der Waals surface area contributed by atoms with Crippen LogP contribution < -0.4 is 25.8 Å². The van der Waals surface area contributed by atoms with E-state index in [1.54, 1.807) is 14.2 Å². The first-order chi connectivity index (χ1) is 18.5. The Bertz CT molecular complexity index is 900. The molecule has 1 saturated heterocycles. The number of carbonyl (C=O) groups excluding carboxylic acids is 2. The molecule has 0 aliphatic carbocycles. The second-order valence-electron chi connectivity index (χ2n) is 11.1. The van der Waals surface area contributed by atoms with E-state index in [1.807, 2.05) is 32.0 Å². The van der Waals surface area contributed by atoms with Crippen molar-refractivity contribution in [3.63, 3.8) is 0 Å². The van der Waals surface area contributed by atoms with Crippen LogP contribution in [0.4, 0.5) is 4.79 Å². The van der Waals surface area contributed by atoms with Crippen LogP contribution in [0.1, 0.15) is 52.5 Å². The molecule has 5 atom stereocenters. The molecular weight excluding hydrogens is 518 g/mol. The molecule has 1 aromatic carbocycles. The molecule has 0 bridgehead atoms. The number of aliphatic hydroxyl groups is 1. The van der Waals surface area contributed by atoms with Gasteiger partial charge in [0.2, 0.25) is 5.91 Å². The molecular formula is C29H49N3O6S. The Morgan fingerprint density at radius 1 is 1.15 bits per heavy atom. The SMILES string of the molecule is COCCCOc1cc(C[C@@H](C[C@H](N)[C@@H](O)C[C@H](C(=O)NC[C@@H]2CSC(=O)N2)C(C)C)C(C)C)ccc1OC. The van der Waals surface area contributed by atoms with Crippen molar-refractivity contribution in [1.82, 2.24) is 10.6 Å². The van der Waals surface area contributed by atoms with E-state index in [9.17, 15) is 14.7 Å². The fourth-order valence-corrected chi connectivity index (χ4v) is 5.56. The van der Waals surface area contributed by atoms with Crippen LogP contribution in [-0.2, 0) is 16.0 Å². The van der Waals surface area contributed by atoms with E-state index in [1.165, 1.54) is 11.8 Å². The fourth-order valence-electron chi connectivity index (χ4n) is 4.75. The maximum atomic E-state index is 12.9. The molecule has 39 heavy (non-hydrogen) atoms. The lowest BCUT2D eigenvalue weighted by Gasteiger charge is -2.30. The average Bonchev–Trinajstić information content (AvgIpc) is 3.32. The highest BCUT2D eigenvalue weighted by Gasteiger charge is 2.31. The summed E-state index contributed by atoms with van der Waals surface area (Å²) in [4.78, 5) is 24.3. The zero-order chi connectivity index (χ0) is 28.9. The molecule has 2 rings (SSSR count). The number of carbonyl (C=O) groups is 2. The number of hydrogen-bond acceptors (Lipinski definition) is 8. The van der Waals surface area contributed by atoms with E-state index >= 15 is 0 Å². The predicted octanol–water partition coefficient (Wildman–Crippen LogP) is 3.61. The van der Waals surface area contributed by atoms with Gasteiger partial charge in [0.25, 0.3) is 5.24 Å². The molecule has 0 aromatic heterocycles. The standard InChI is InChI=1S/C29H49N3O6S/c1-18(2)21(12-20-8-9-26(37-6)27(13-20)38-11-7-10-36-5)14-24(30)25(33)15-23(19(3)4)28(34)31-16-22-17-39-29(35)32-22/h8-9,13,18-19,21-25,33H,7,10-12,14-17,30H2,1-6H3,(H,31,34)(H,32,35)/t21-,22+,23-,24-,25-/m0/s1. The summed E-state index contributed by atoms with van der Waals surface area (Å²) in [6.07, 6.45) is 1.70. The minimum absolute atomic E-state index is 0.0434. The van der Waals surface area contributed by atoms with Crippen molar-refractivity contribution in [2.24, 2.45) is 29.4 Å². The average molecular weight is 568 g/mol. The van der Waals surface area contributed by atoms with Gasteiger partial charge in [0.1, 0.15) is 0 Å². The Labute approximate surface area is 238 Å². The molecule has 1 aromatic rings. The van der Waals surface area contributed by atoms with Crippen molar-refractivity contribution >= 4 is 22.9 Å². The summed E-state index contributed by atoms with van der Waals surface area (Å²) in [6.45, 7) is 9.85. The summed E-state index contributed by atoms with van der Waals surface area (Å²) in [6, 6.07) is 5.47. The second-order valence-corrected chi connectivity index (χ2v) is 12.1. The molecule has 10 heteroatoms. The van der Waals surface area contributed by atoms with Gasteiger partial charge in [-0.2, -0.15) is 0 Å². The number of hydrogen-bond donors (Lipinski definition) is 4. The number of ether oxygens (including phenoxy) is 3. The quantitative estimate of drug-likeness (QED) is 0.198. The van der Waals surface area contributed by atoms with Crippen molar-refractivity contribution in [3.05, 3.63) is 23.8 Å². The molecule has 9 nitrogen and oxygen atoms in total. The Morgan fingerprint density at radius 3 is 2.49 bits per heavy atom. The van der Waals surface area contributed by atoms with Crippen LogP contribution in [0.3, 0.4) is 0 Å². The van der Waals surface area contributed by atoms with E-state index in [2.05, 4.69) is 24.5 Å². The fraction of sp³-hybridized carbons (Fsp3) is 0.724. The minimum Gasteiger partial charge on any atom is -0.493 e. The van der Waals surface area contributed by atoms with Gasteiger partial charge >= 0.3 is 0 Å². The van der Waals surface area contributed by atoms with Gasteiger partial charge in [-0.3, -0.25) is 9.59 Å². The van der Waals surface area contributed by atoms with Crippen molar-refractivity contribution in [3.8, 4) is 11.5 Å². The summed E-state index contributed by atoms with van der Waals surface area (Å²) < 4.78 is 16.5. The van der Waals surface area contributed by atoms with Crippen LogP contribution in [0.15, 0.2) is 18.2 Å². The lowest BCUT2D eigenvalue weighted by Crippen LogP contribution is -2.45. The molecule has 1 fully saturated rings. The zero-order valence-corrected chi connectivity index (χ0v) is 25.2.